The van der Waals surface area contributed by atoms with Crippen LogP contribution in [-0.2, 0) is 14.5 Å². The summed E-state index contributed by atoms with van der Waals surface area (Å²) in [7, 11) is 0. The van der Waals surface area contributed by atoms with Crippen LogP contribution >= 0.6 is 0 Å². The molecule has 0 spiro atoms. The van der Waals surface area contributed by atoms with Gasteiger partial charge in [-0.2, -0.15) is 0 Å². The van der Waals surface area contributed by atoms with E-state index in [0.29, 0.717) is 0 Å². The molecule has 1 N–H and O–H groups in total. The fourth-order valence-electron chi connectivity index (χ4n) is 1.81. The molecule has 1 aliphatic rings. The van der Waals surface area contributed by atoms with Crippen LogP contribution in [0, 0.1) is 12.8 Å². The Balaban J connectivity index is 2.08. The first kappa shape index (κ1) is 14.3. The van der Waals surface area contributed by atoms with Gasteiger partial charge in [0.2, 0.25) is 0 Å². The number of anilines is 1. The molecule has 19 heavy (non-hydrogen) atoms. The lowest BCUT2D eigenvalue weighted by atomic mass is 10.1. The summed E-state index contributed by atoms with van der Waals surface area (Å²) in [5.41, 5.74) is 1.70. The summed E-state index contributed by atoms with van der Waals surface area (Å²) in [6, 6.07) is 8.20. The Morgan fingerprint density at radius 1 is 1.16 bits per heavy atom. The van der Waals surface area contributed by atoms with E-state index in [1.54, 1.807) is 0 Å². The second-order valence-corrected chi connectivity index (χ2v) is 5.92. The predicted molar refractivity (Wildman–Crippen MR) is 74.5 cm³/mol. The summed E-state index contributed by atoms with van der Waals surface area (Å²) in [5, 5.41) is 3.36. The third-order valence-electron chi connectivity index (χ3n) is 3.15. The van der Waals surface area contributed by atoms with E-state index in [0.717, 1.165) is 5.69 Å². The van der Waals surface area contributed by atoms with Gasteiger partial charge in [0.05, 0.1) is 0 Å². The number of hydrogen-bond donors (Lipinski definition) is 1. The van der Waals surface area contributed by atoms with Crippen molar-refractivity contribution in [1.29, 1.82) is 0 Å². The van der Waals surface area contributed by atoms with Gasteiger partial charge in [0, 0.05) is 11.6 Å². The van der Waals surface area contributed by atoms with Crippen LogP contribution in [0.15, 0.2) is 24.3 Å². The van der Waals surface area contributed by atoms with Crippen molar-refractivity contribution in [2.45, 2.75) is 52.7 Å². The van der Waals surface area contributed by atoms with Crippen molar-refractivity contribution in [2.24, 2.45) is 5.92 Å². The third-order valence-corrected chi connectivity index (χ3v) is 3.15. The molecule has 1 aromatic rings. The van der Waals surface area contributed by atoms with Crippen LogP contribution in [0.3, 0.4) is 0 Å². The minimum absolute atomic E-state index is 0.235. The number of rotatable bonds is 3. The summed E-state index contributed by atoms with van der Waals surface area (Å²) in [6.07, 6.45) is -0.604. The van der Waals surface area contributed by atoms with E-state index in [1.165, 1.54) is 5.56 Å². The third kappa shape index (κ3) is 3.47. The normalized spacial score (nSPS) is 26.4. The highest BCUT2D eigenvalue weighted by Crippen LogP contribution is 2.29. The van der Waals surface area contributed by atoms with Gasteiger partial charge in [-0.25, -0.2) is 9.78 Å². The van der Waals surface area contributed by atoms with Crippen LogP contribution in [0.2, 0.25) is 0 Å². The van der Waals surface area contributed by atoms with Gasteiger partial charge in [-0.1, -0.05) is 31.5 Å². The Morgan fingerprint density at radius 3 is 2.37 bits per heavy atom. The Hall–Kier alpha value is -1.10. The van der Waals surface area contributed by atoms with E-state index in [-0.39, 0.29) is 18.4 Å². The summed E-state index contributed by atoms with van der Waals surface area (Å²) in [5.74, 6) is 0.235. The molecule has 0 bridgehead atoms. The Kier molecular flexibility index (Phi) is 4.13. The zero-order chi connectivity index (χ0) is 14.0. The Labute approximate surface area is 115 Å². The molecule has 1 aliphatic heterocycles. The minimum atomic E-state index is -0.545. The molecule has 0 aromatic heterocycles. The number of ether oxygens (including phenoxy) is 1. The molecule has 0 radical (unpaired) electrons. The van der Waals surface area contributed by atoms with E-state index in [1.807, 2.05) is 39.8 Å². The molecule has 1 aromatic carbocycles. The lowest BCUT2D eigenvalue weighted by Gasteiger charge is -2.42. The highest BCUT2D eigenvalue weighted by molar-refractivity contribution is 5.45. The molecule has 1 heterocycles. The number of benzene rings is 1. The molecule has 0 amide bonds. The van der Waals surface area contributed by atoms with E-state index in [4.69, 9.17) is 14.5 Å². The molecule has 106 valence electrons. The van der Waals surface area contributed by atoms with Crippen molar-refractivity contribution in [3.05, 3.63) is 29.8 Å². The summed E-state index contributed by atoms with van der Waals surface area (Å²) < 4.78 is 5.94. The fraction of sp³-hybridized carbons (Fsp3) is 0.600. The van der Waals surface area contributed by atoms with Crippen molar-refractivity contribution in [1.82, 2.24) is 0 Å². The Bertz CT molecular complexity index is 414. The molecule has 4 nitrogen and oxygen atoms in total. The number of aryl methyl sites for hydroxylation is 1. The SMILES string of the molecule is Cc1ccc(N[C@@H]2O[C@H](C(C)C)OOC2(C)C)cc1. The first-order chi connectivity index (χ1) is 8.88. The second-order valence-electron chi connectivity index (χ2n) is 5.92. The lowest BCUT2D eigenvalue weighted by molar-refractivity contribution is -0.485. The summed E-state index contributed by atoms with van der Waals surface area (Å²) in [4.78, 5) is 10.7. The molecule has 4 heteroatoms. The van der Waals surface area contributed by atoms with Gasteiger partial charge in [0.15, 0.2) is 12.5 Å². The van der Waals surface area contributed by atoms with Gasteiger partial charge in [-0.3, -0.25) is 0 Å². The fourth-order valence-corrected chi connectivity index (χ4v) is 1.81. The van der Waals surface area contributed by atoms with Crippen LogP contribution in [0.25, 0.3) is 0 Å². The topological polar surface area (TPSA) is 39.7 Å². The molecule has 1 fully saturated rings. The minimum Gasteiger partial charge on any atom is -0.358 e. The predicted octanol–water partition coefficient (Wildman–Crippen LogP) is 3.47. The zero-order valence-corrected chi connectivity index (χ0v) is 12.3. The molecule has 0 unspecified atom stereocenters. The zero-order valence-electron chi connectivity index (χ0n) is 12.3. The van der Waals surface area contributed by atoms with E-state index in [2.05, 4.69) is 24.4 Å². The molecule has 1 saturated heterocycles. The molecule has 2 rings (SSSR count). The largest absolute Gasteiger partial charge is 0.358 e. The van der Waals surface area contributed by atoms with Crippen molar-refractivity contribution >= 4 is 5.69 Å². The van der Waals surface area contributed by atoms with Gasteiger partial charge in [0.25, 0.3) is 0 Å². The quantitative estimate of drug-likeness (QED) is 0.849. The standard InChI is InChI=1S/C15H23NO3/c1-10(2)13-17-14(15(4,5)19-18-13)16-12-8-6-11(3)7-9-12/h6-10,13-14,16H,1-5H3/t13-,14+/m0/s1. The van der Waals surface area contributed by atoms with Gasteiger partial charge >= 0.3 is 0 Å². The summed E-state index contributed by atoms with van der Waals surface area (Å²) in [6.45, 7) is 10.0. The van der Waals surface area contributed by atoms with Crippen LogP contribution < -0.4 is 5.32 Å². The highest BCUT2D eigenvalue weighted by atomic mass is 17.2. The van der Waals surface area contributed by atoms with Gasteiger partial charge < -0.3 is 10.1 Å². The van der Waals surface area contributed by atoms with Gasteiger partial charge in [-0.15, -0.1) is 0 Å². The first-order valence-electron chi connectivity index (χ1n) is 6.71. The van der Waals surface area contributed by atoms with Crippen molar-refractivity contribution in [3.8, 4) is 0 Å². The van der Waals surface area contributed by atoms with Gasteiger partial charge in [0.1, 0.15) is 5.60 Å². The Morgan fingerprint density at radius 2 is 1.79 bits per heavy atom. The summed E-state index contributed by atoms with van der Waals surface area (Å²) >= 11 is 0. The van der Waals surface area contributed by atoms with Crippen LogP contribution in [-0.4, -0.2) is 18.1 Å². The van der Waals surface area contributed by atoms with E-state index >= 15 is 0 Å². The first-order valence-corrected chi connectivity index (χ1v) is 6.71. The van der Waals surface area contributed by atoms with E-state index < -0.39 is 5.60 Å². The van der Waals surface area contributed by atoms with Crippen LogP contribution in [0.5, 0.6) is 0 Å². The van der Waals surface area contributed by atoms with Crippen molar-refractivity contribution < 1.29 is 14.5 Å². The smallest absolute Gasteiger partial charge is 0.196 e. The van der Waals surface area contributed by atoms with E-state index in [9.17, 15) is 0 Å². The van der Waals surface area contributed by atoms with Crippen LogP contribution in [0.4, 0.5) is 5.69 Å². The van der Waals surface area contributed by atoms with Crippen molar-refractivity contribution in [2.75, 3.05) is 5.32 Å². The molecule has 0 aliphatic carbocycles. The number of hydrogen-bond acceptors (Lipinski definition) is 4. The maximum atomic E-state index is 5.94. The van der Waals surface area contributed by atoms with Crippen molar-refractivity contribution in [3.63, 3.8) is 0 Å². The molecular formula is C15H23NO3. The molecular weight excluding hydrogens is 242 g/mol. The maximum absolute atomic E-state index is 5.94. The lowest BCUT2D eigenvalue weighted by Crippen LogP contribution is -2.54. The second kappa shape index (κ2) is 5.49. The molecule has 2 atom stereocenters. The monoisotopic (exact) mass is 265 g/mol. The van der Waals surface area contributed by atoms with Gasteiger partial charge in [-0.05, 0) is 32.9 Å². The highest BCUT2D eigenvalue weighted by Gasteiger charge is 2.41. The average molecular weight is 265 g/mol. The number of nitrogens with one attached hydrogen (secondary N) is 1. The maximum Gasteiger partial charge on any atom is 0.196 e. The van der Waals surface area contributed by atoms with Crippen LogP contribution in [0.1, 0.15) is 33.3 Å². The molecule has 0 saturated carbocycles. The average Bonchev–Trinajstić information content (AvgIpc) is 2.34.